The van der Waals surface area contributed by atoms with E-state index in [1.807, 2.05) is 0 Å². The molecule has 1 aliphatic carbocycles. The van der Waals surface area contributed by atoms with Crippen molar-refractivity contribution in [3.05, 3.63) is 33.8 Å². The Morgan fingerprint density at radius 3 is 2.74 bits per heavy atom. The van der Waals surface area contributed by atoms with Crippen molar-refractivity contribution < 1.29 is 13.9 Å². The Balaban J connectivity index is 2.35. The molecule has 19 heavy (non-hydrogen) atoms. The molecule has 2 nitrogen and oxygen atoms in total. The lowest BCUT2D eigenvalue weighted by molar-refractivity contribution is -0.00682. The van der Waals surface area contributed by atoms with Crippen molar-refractivity contribution in [1.82, 2.24) is 0 Å². The minimum atomic E-state index is -0.610. The smallest absolute Gasteiger partial charge is 0.143 e. The Morgan fingerprint density at radius 2 is 2.11 bits per heavy atom. The summed E-state index contributed by atoms with van der Waals surface area (Å²) in [5.41, 5.74) is 5.20. The maximum Gasteiger partial charge on any atom is 0.143 e. The highest BCUT2D eigenvalue weighted by Gasteiger charge is 2.40. The average Bonchev–Trinajstić information content (AvgIpc) is 2.41. The summed E-state index contributed by atoms with van der Waals surface area (Å²) < 4.78 is 28.1. The van der Waals surface area contributed by atoms with E-state index in [9.17, 15) is 13.9 Å². The molecule has 1 aliphatic rings. The van der Waals surface area contributed by atoms with E-state index in [-0.39, 0.29) is 23.0 Å². The number of aliphatic hydroxyl groups excluding tert-OH is 1. The Morgan fingerprint density at radius 1 is 1.37 bits per heavy atom. The van der Waals surface area contributed by atoms with E-state index in [1.54, 1.807) is 0 Å². The largest absolute Gasteiger partial charge is 0.392 e. The van der Waals surface area contributed by atoms with Crippen LogP contribution < -0.4 is 5.73 Å². The van der Waals surface area contributed by atoms with Crippen LogP contribution in [-0.4, -0.2) is 17.8 Å². The summed E-state index contributed by atoms with van der Waals surface area (Å²) in [6.07, 6.45) is 2.77. The lowest BCUT2D eigenvalue weighted by Crippen LogP contribution is -2.46. The van der Waals surface area contributed by atoms with E-state index in [4.69, 9.17) is 5.73 Å². The molecule has 3 N–H and O–H groups in total. The van der Waals surface area contributed by atoms with Crippen molar-refractivity contribution in [3.63, 3.8) is 0 Å². The van der Waals surface area contributed by atoms with Crippen LogP contribution in [0.1, 0.15) is 31.2 Å². The summed E-state index contributed by atoms with van der Waals surface area (Å²) in [6, 6.07) is 2.59. The van der Waals surface area contributed by atoms with Crippen molar-refractivity contribution in [2.75, 3.05) is 6.54 Å². The predicted octanol–water partition coefficient (Wildman–Crippen LogP) is 3.15. The molecule has 0 amide bonds. The second-order valence-corrected chi connectivity index (χ2v) is 6.18. The molecule has 0 bridgehead atoms. The van der Waals surface area contributed by atoms with Crippen LogP contribution in [0.25, 0.3) is 0 Å². The van der Waals surface area contributed by atoms with Gasteiger partial charge in [0.05, 0.1) is 10.6 Å². The van der Waals surface area contributed by atoms with Crippen LogP contribution in [0, 0.1) is 17.0 Å². The highest BCUT2D eigenvalue weighted by molar-refractivity contribution is 9.10. The number of hydrogen-bond acceptors (Lipinski definition) is 2. The van der Waals surface area contributed by atoms with Crippen LogP contribution in [0.3, 0.4) is 0 Å². The minimum Gasteiger partial charge on any atom is -0.392 e. The van der Waals surface area contributed by atoms with E-state index >= 15 is 0 Å². The summed E-state index contributed by atoms with van der Waals surface area (Å²) in [4.78, 5) is 0. The van der Waals surface area contributed by atoms with Gasteiger partial charge in [0.2, 0.25) is 0 Å². The van der Waals surface area contributed by atoms with Gasteiger partial charge in [0.25, 0.3) is 0 Å². The van der Waals surface area contributed by atoms with E-state index in [0.29, 0.717) is 12.8 Å². The van der Waals surface area contributed by atoms with Crippen LogP contribution in [0.5, 0.6) is 0 Å². The third-order valence-electron chi connectivity index (χ3n) is 4.18. The van der Waals surface area contributed by atoms with E-state index in [2.05, 4.69) is 15.9 Å². The molecular weight excluding hydrogens is 316 g/mol. The van der Waals surface area contributed by atoms with Crippen LogP contribution >= 0.6 is 15.9 Å². The zero-order valence-electron chi connectivity index (χ0n) is 10.6. The van der Waals surface area contributed by atoms with Gasteiger partial charge in [0.15, 0.2) is 0 Å². The molecular formula is C14H18BrF2NO. The molecule has 1 saturated carbocycles. The number of rotatable bonds is 3. The van der Waals surface area contributed by atoms with Crippen LogP contribution in [-0.2, 0) is 6.42 Å². The lowest BCUT2D eigenvalue weighted by Gasteiger charge is -2.41. The number of hydrogen-bond donors (Lipinski definition) is 2. The number of halogens is 3. The number of benzene rings is 1. The number of nitrogens with two attached hydrogens (primary N) is 1. The maximum absolute atomic E-state index is 14.0. The summed E-state index contributed by atoms with van der Waals surface area (Å²) in [7, 11) is 0. The second kappa shape index (κ2) is 5.85. The molecule has 0 aromatic heterocycles. The van der Waals surface area contributed by atoms with Crippen LogP contribution in [0.4, 0.5) is 8.78 Å². The van der Waals surface area contributed by atoms with Gasteiger partial charge >= 0.3 is 0 Å². The molecule has 1 aromatic carbocycles. The fourth-order valence-electron chi connectivity index (χ4n) is 2.89. The summed E-state index contributed by atoms with van der Waals surface area (Å²) in [5.74, 6) is -1.17. The highest BCUT2D eigenvalue weighted by Crippen LogP contribution is 2.40. The summed E-state index contributed by atoms with van der Waals surface area (Å²) >= 11 is 3.06. The molecule has 0 radical (unpaired) electrons. The number of aliphatic hydroxyl groups is 1. The quantitative estimate of drug-likeness (QED) is 0.834. The molecule has 106 valence electrons. The normalized spacial score (nSPS) is 27.5. The van der Waals surface area contributed by atoms with Crippen LogP contribution in [0.2, 0.25) is 0 Å². The molecule has 2 rings (SSSR count). The molecule has 0 heterocycles. The van der Waals surface area contributed by atoms with Crippen molar-refractivity contribution in [2.45, 2.75) is 38.2 Å². The predicted molar refractivity (Wildman–Crippen MR) is 73.7 cm³/mol. The zero-order valence-corrected chi connectivity index (χ0v) is 12.2. The van der Waals surface area contributed by atoms with E-state index in [1.165, 1.54) is 12.1 Å². The van der Waals surface area contributed by atoms with Gasteiger partial charge in [-0.3, -0.25) is 0 Å². The molecule has 1 fully saturated rings. The Labute approximate surface area is 120 Å². The fraction of sp³-hybridized carbons (Fsp3) is 0.571. The van der Waals surface area contributed by atoms with Gasteiger partial charge in [-0.05, 0) is 47.3 Å². The van der Waals surface area contributed by atoms with E-state index < -0.39 is 23.2 Å². The second-order valence-electron chi connectivity index (χ2n) is 5.33. The SMILES string of the molecule is NCC1(Cc2c(F)ccc(Br)c2F)CCCCC1O. The third kappa shape index (κ3) is 2.83. The fourth-order valence-corrected chi connectivity index (χ4v) is 3.26. The van der Waals surface area contributed by atoms with Gasteiger partial charge in [0.1, 0.15) is 11.6 Å². The first-order valence-electron chi connectivity index (χ1n) is 6.51. The molecule has 0 aliphatic heterocycles. The van der Waals surface area contributed by atoms with Crippen LogP contribution in [0.15, 0.2) is 16.6 Å². The molecule has 0 spiro atoms. The van der Waals surface area contributed by atoms with E-state index in [0.717, 1.165) is 12.8 Å². The monoisotopic (exact) mass is 333 g/mol. The Kier molecular flexibility index (Phi) is 4.58. The molecule has 5 heteroatoms. The standard InChI is InChI=1S/C14H18BrF2NO/c15-10-4-5-11(16)9(13(10)17)7-14(8-18)6-2-1-3-12(14)19/h4-5,12,19H,1-3,6-8,18H2. The molecule has 0 saturated heterocycles. The third-order valence-corrected chi connectivity index (χ3v) is 4.80. The highest BCUT2D eigenvalue weighted by atomic mass is 79.9. The average molecular weight is 334 g/mol. The zero-order chi connectivity index (χ0) is 14.0. The van der Waals surface area contributed by atoms with Gasteiger partial charge in [-0.2, -0.15) is 0 Å². The first-order valence-corrected chi connectivity index (χ1v) is 7.30. The maximum atomic E-state index is 14.0. The van der Waals surface area contributed by atoms with Crippen molar-refractivity contribution in [3.8, 4) is 0 Å². The minimum absolute atomic E-state index is 0.0146. The molecule has 2 unspecified atom stereocenters. The van der Waals surface area contributed by atoms with Gasteiger partial charge in [0, 0.05) is 17.5 Å². The summed E-state index contributed by atoms with van der Waals surface area (Å²) in [6.45, 7) is 0.236. The Hall–Kier alpha value is -0.520. The van der Waals surface area contributed by atoms with Gasteiger partial charge < -0.3 is 10.8 Å². The van der Waals surface area contributed by atoms with Crippen molar-refractivity contribution in [2.24, 2.45) is 11.1 Å². The van der Waals surface area contributed by atoms with Crippen molar-refractivity contribution in [1.29, 1.82) is 0 Å². The van der Waals surface area contributed by atoms with Crippen molar-refractivity contribution >= 4 is 15.9 Å². The summed E-state index contributed by atoms with van der Waals surface area (Å²) in [5, 5.41) is 10.2. The lowest BCUT2D eigenvalue weighted by atomic mass is 9.68. The topological polar surface area (TPSA) is 46.2 Å². The van der Waals surface area contributed by atoms with Gasteiger partial charge in [-0.1, -0.05) is 12.8 Å². The molecule has 1 aromatic rings. The van der Waals surface area contributed by atoms with Gasteiger partial charge in [-0.25, -0.2) is 8.78 Å². The first kappa shape index (κ1) is 14.9. The van der Waals surface area contributed by atoms with Gasteiger partial charge in [-0.15, -0.1) is 0 Å². The first-order chi connectivity index (χ1) is 9.00. The molecule has 2 atom stereocenters. The Bertz CT molecular complexity index is 469.